The minimum absolute atomic E-state index is 0.606. The van der Waals surface area contributed by atoms with Crippen LogP contribution >= 0.6 is 11.6 Å². The zero-order valence-electron chi connectivity index (χ0n) is 9.43. The molecule has 1 aromatic carbocycles. The summed E-state index contributed by atoms with van der Waals surface area (Å²) in [5.41, 5.74) is 4.62. The lowest BCUT2D eigenvalue weighted by molar-refractivity contribution is 0.677. The highest BCUT2D eigenvalue weighted by Crippen LogP contribution is 2.26. The van der Waals surface area contributed by atoms with Gasteiger partial charge >= 0.3 is 0 Å². The number of hydrogen-bond donors (Lipinski definition) is 0. The van der Waals surface area contributed by atoms with Gasteiger partial charge in [-0.3, -0.25) is 0 Å². The van der Waals surface area contributed by atoms with E-state index in [1.807, 2.05) is 0 Å². The first-order valence-corrected chi connectivity index (χ1v) is 6.52. The molecule has 0 bridgehead atoms. The maximum absolute atomic E-state index is 5.79. The van der Waals surface area contributed by atoms with Crippen LogP contribution in [0.3, 0.4) is 0 Å². The van der Waals surface area contributed by atoms with Crippen LogP contribution in [0.25, 0.3) is 0 Å². The van der Waals surface area contributed by atoms with Gasteiger partial charge in [-0.2, -0.15) is 0 Å². The Morgan fingerprint density at radius 3 is 2.67 bits per heavy atom. The van der Waals surface area contributed by atoms with E-state index in [4.69, 9.17) is 11.6 Å². The molecule has 1 aliphatic rings. The van der Waals surface area contributed by atoms with Crippen LogP contribution in [-0.2, 0) is 12.8 Å². The molecule has 0 saturated heterocycles. The molecule has 15 heavy (non-hydrogen) atoms. The standard InChI is InChI=1S/C14H19Cl/c1-11(8-9-15)13-7-6-12-4-2-3-5-14(12)10-13/h6-7,10-11H,2-5,8-9H2,1H3. The molecule has 1 heteroatoms. The SMILES string of the molecule is CC(CCCl)c1ccc2c(c1)CCCC2. The van der Waals surface area contributed by atoms with Crippen molar-refractivity contribution in [3.8, 4) is 0 Å². The molecule has 0 nitrogen and oxygen atoms in total. The zero-order chi connectivity index (χ0) is 10.7. The Morgan fingerprint density at radius 1 is 1.20 bits per heavy atom. The molecule has 0 saturated carbocycles. The summed E-state index contributed by atoms with van der Waals surface area (Å²) in [5.74, 6) is 1.37. The fourth-order valence-corrected chi connectivity index (χ4v) is 2.72. The molecule has 0 N–H and O–H groups in total. The Morgan fingerprint density at radius 2 is 1.93 bits per heavy atom. The van der Waals surface area contributed by atoms with Gasteiger partial charge in [0, 0.05) is 5.88 Å². The molecule has 0 aliphatic heterocycles. The Kier molecular flexibility index (Phi) is 3.69. The number of rotatable bonds is 3. The predicted molar refractivity (Wildman–Crippen MR) is 66.8 cm³/mol. The highest BCUT2D eigenvalue weighted by Gasteiger charge is 2.11. The average molecular weight is 223 g/mol. The molecule has 0 heterocycles. The van der Waals surface area contributed by atoms with E-state index in [0.29, 0.717) is 5.92 Å². The second-order valence-corrected chi connectivity index (χ2v) is 4.99. The van der Waals surface area contributed by atoms with Crippen LogP contribution in [0.5, 0.6) is 0 Å². The van der Waals surface area contributed by atoms with Crippen LogP contribution in [0.15, 0.2) is 18.2 Å². The number of fused-ring (bicyclic) bond motifs is 1. The van der Waals surface area contributed by atoms with Crippen LogP contribution < -0.4 is 0 Å². The van der Waals surface area contributed by atoms with Crippen molar-refractivity contribution in [2.45, 2.75) is 44.9 Å². The maximum Gasteiger partial charge on any atom is 0.0229 e. The molecule has 0 fully saturated rings. The molecule has 0 aromatic heterocycles. The van der Waals surface area contributed by atoms with E-state index in [-0.39, 0.29) is 0 Å². The lowest BCUT2D eigenvalue weighted by Gasteiger charge is -2.18. The largest absolute Gasteiger partial charge is 0.127 e. The number of alkyl halides is 1. The van der Waals surface area contributed by atoms with Crippen molar-refractivity contribution in [3.63, 3.8) is 0 Å². The maximum atomic E-state index is 5.79. The van der Waals surface area contributed by atoms with Gasteiger partial charge in [-0.05, 0) is 54.7 Å². The second-order valence-electron chi connectivity index (χ2n) is 4.61. The van der Waals surface area contributed by atoms with Gasteiger partial charge in [-0.1, -0.05) is 25.1 Å². The summed E-state index contributed by atoms with van der Waals surface area (Å²) in [6.45, 7) is 2.27. The summed E-state index contributed by atoms with van der Waals surface area (Å²) in [4.78, 5) is 0. The fourth-order valence-electron chi connectivity index (χ4n) is 2.39. The summed E-state index contributed by atoms with van der Waals surface area (Å²) in [6, 6.07) is 7.03. The summed E-state index contributed by atoms with van der Waals surface area (Å²) < 4.78 is 0. The van der Waals surface area contributed by atoms with E-state index < -0.39 is 0 Å². The highest BCUT2D eigenvalue weighted by atomic mass is 35.5. The van der Waals surface area contributed by atoms with E-state index in [1.165, 1.54) is 31.2 Å². The number of hydrogen-bond acceptors (Lipinski definition) is 0. The lowest BCUT2D eigenvalue weighted by atomic mass is 9.87. The number of aryl methyl sites for hydroxylation is 2. The molecule has 2 rings (SSSR count). The Labute approximate surface area is 97.6 Å². The van der Waals surface area contributed by atoms with Crippen LogP contribution in [0.2, 0.25) is 0 Å². The van der Waals surface area contributed by atoms with E-state index >= 15 is 0 Å². The summed E-state index contributed by atoms with van der Waals surface area (Å²) in [7, 11) is 0. The van der Waals surface area contributed by atoms with E-state index in [0.717, 1.165) is 12.3 Å². The van der Waals surface area contributed by atoms with Crippen LogP contribution in [0.4, 0.5) is 0 Å². The van der Waals surface area contributed by atoms with E-state index in [9.17, 15) is 0 Å². The monoisotopic (exact) mass is 222 g/mol. The molecule has 1 aromatic rings. The molecule has 1 atom stereocenters. The smallest absolute Gasteiger partial charge is 0.0229 e. The molecule has 0 radical (unpaired) electrons. The third-order valence-corrected chi connectivity index (χ3v) is 3.70. The zero-order valence-corrected chi connectivity index (χ0v) is 10.2. The summed E-state index contributed by atoms with van der Waals surface area (Å²) >= 11 is 5.79. The molecule has 1 unspecified atom stereocenters. The van der Waals surface area contributed by atoms with Gasteiger partial charge in [0.1, 0.15) is 0 Å². The van der Waals surface area contributed by atoms with Crippen molar-refractivity contribution in [1.29, 1.82) is 0 Å². The first-order valence-electron chi connectivity index (χ1n) is 5.99. The normalized spacial score (nSPS) is 17.2. The number of halogens is 1. The van der Waals surface area contributed by atoms with Gasteiger partial charge in [0.05, 0.1) is 0 Å². The van der Waals surface area contributed by atoms with Crippen molar-refractivity contribution in [3.05, 3.63) is 34.9 Å². The third kappa shape index (κ3) is 2.55. The molecule has 82 valence electrons. The van der Waals surface area contributed by atoms with Crippen molar-refractivity contribution in [1.82, 2.24) is 0 Å². The number of benzene rings is 1. The first-order chi connectivity index (χ1) is 7.31. The minimum atomic E-state index is 0.606. The molecule has 0 amide bonds. The van der Waals surface area contributed by atoms with Crippen LogP contribution in [0.1, 0.15) is 48.8 Å². The molecular formula is C14H19Cl. The molecular weight excluding hydrogens is 204 g/mol. The van der Waals surface area contributed by atoms with E-state index in [1.54, 1.807) is 11.1 Å². The second kappa shape index (κ2) is 5.03. The summed E-state index contributed by atoms with van der Waals surface area (Å²) in [5, 5.41) is 0. The van der Waals surface area contributed by atoms with Gasteiger partial charge in [0.25, 0.3) is 0 Å². The Bertz CT molecular complexity index is 330. The van der Waals surface area contributed by atoms with Crippen molar-refractivity contribution in [2.24, 2.45) is 0 Å². The summed E-state index contributed by atoms with van der Waals surface area (Å²) in [6.07, 6.45) is 6.36. The lowest BCUT2D eigenvalue weighted by Crippen LogP contribution is -2.04. The van der Waals surface area contributed by atoms with Crippen LogP contribution in [-0.4, -0.2) is 5.88 Å². The van der Waals surface area contributed by atoms with Gasteiger partial charge < -0.3 is 0 Å². The Hall–Kier alpha value is -0.490. The topological polar surface area (TPSA) is 0 Å². The van der Waals surface area contributed by atoms with Gasteiger partial charge in [-0.15, -0.1) is 11.6 Å². The molecule has 0 spiro atoms. The van der Waals surface area contributed by atoms with Gasteiger partial charge in [0.2, 0.25) is 0 Å². The van der Waals surface area contributed by atoms with Crippen molar-refractivity contribution < 1.29 is 0 Å². The van der Waals surface area contributed by atoms with Crippen LogP contribution in [0, 0.1) is 0 Å². The fraction of sp³-hybridized carbons (Fsp3) is 0.571. The Balaban J connectivity index is 2.20. The van der Waals surface area contributed by atoms with E-state index in [2.05, 4.69) is 25.1 Å². The first kappa shape index (κ1) is 11.0. The van der Waals surface area contributed by atoms with Crippen molar-refractivity contribution in [2.75, 3.05) is 5.88 Å². The highest BCUT2D eigenvalue weighted by molar-refractivity contribution is 6.17. The van der Waals surface area contributed by atoms with Gasteiger partial charge in [0.15, 0.2) is 0 Å². The van der Waals surface area contributed by atoms with Gasteiger partial charge in [-0.25, -0.2) is 0 Å². The third-order valence-electron chi connectivity index (χ3n) is 3.48. The minimum Gasteiger partial charge on any atom is -0.127 e. The predicted octanol–water partition coefficient (Wildman–Crippen LogP) is 4.30. The molecule has 1 aliphatic carbocycles. The average Bonchev–Trinajstić information content (AvgIpc) is 2.29. The quantitative estimate of drug-likeness (QED) is 0.669. The van der Waals surface area contributed by atoms with Crippen molar-refractivity contribution >= 4 is 11.6 Å².